The maximum atomic E-state index is 11.5. The maximum Gasteiger partial charge on any atom is 0.277 e. The van der Waals surface area contributed by atoms with E-state index in [4.69, 9.17) is 0 Å². The molecule has 142 valence electrons. The van der Waals surface area contributed by atoms with Crippen LogP contribution in [0.15, 0.2) is 97.1 Å². The summed E-state index contributed by atoms with van der Waals surface area (Å²) in [6.07, 6.45) is 0. The molecule has 0 bridgehead atoms. The van der Waals surface area contributed by atoms with Gasteiger partial charge in [-0.2, -0.15) is 0 Å². The molecule has 0 aliphatic rings. The molecular weight excluding hydrogens is 372 g/mol. The monoisotopic (exact) mass is 388 g/mol. The number of rotatable bonds is 2. The second-order valence-corrected chi connectivity index (χ2v) is 7.48. The van der Waals surface area contributed by atoms with Crippen molar-refractivity contribution >= 4 is 43.8 Å². The zero-order chi connectivity index (χ0) is 20.2. The smallest absolute Gasteiger partial charge is 0.277 e. The Morgan fingerprint density at radius 1 is 0.633 bits per heavy atom. The molecule has 0 spiro atoms. The molecule has 4 aromatic carbocycles. The van der Waals surface area contributed by atoms with Gasteiger partial charge in [-0.15, -0.1) is 0 Å². The molecule has 4 nitrogen and oxygen atoms in total. The van der Waals surface area contributed by atoms with Gasteiger partial charge in [0.05, 0.1) is 27.0 Å². The van der Waals surface area contributed by atoms with Crippen molar-refractivity contribution in [2.75, 3.05) is 0 Å². The first-order chi connectivity index (χ1) is 14.7. The highest BCUT2D eigenvalue weighted by Gasteiger charge is 2.16. The lowest BCUT2D eigenvalue weighted by atomic mass is 10.0. The van der Waals surface area contributed by atoms with E-state index in [2.05, 4.69) is 65.1 Å². The molecule has 0 amide bonds. The standard InChI is InChI=1S/C26H16N2O2/c29-28(30)24-12-6-3-7-19(24)17-13-14-18-16-26-22-10-2-1-8-20(22)21-9-4-5-11-23(21)27(26)25(18)15-17/h1-16H. The Bertz CT molecular complexity index is 1630. The molecule has 2 aromatic heterocycles. The lowest BCUT2D eigenvalue weighted by Crippen LogP contribution is -1.92. The van der Waals surface area contributed by atoms with Gasteiger partial charge in [-0.1, -0.05) is 66.7 Å². The molecule has 0 atom stereocenters. The Labute approximate surface area is 171 Å². The topological polar surface area (TPSA) is 47.5 Å². The van der Waals surface area contributed by atoms with Crippen LogP contribution >= 0.6 is 0 Å². The minimum absolute atomic E-state index is 0.119. The summed E-state index contributed by atoms with van der Waals surface area (Å²) in [4.78, 5) is 11.2. The molecule has 0 aliphatic carbocycles. The van der Waals surface area contributed by atoms with E-state index in [9.17, 15) is 10.1 Å². The molecular formula is C26H16N2O2. The zero-order valence-corrected chi connectivity index (χ0v) is 15.9. The summed E-state index contributed by atoms with van der Waals surface area (Å²) in [5.74, 6) is 0. The third kappa shape index (κ3) is 2.28. The van der Waals surface area contributed by atoms with E-state index in [0.717, 1.165) is 27.5 Å². The van der Waals surface area contributed by atoms with Gasteiger partial charge in [0.1, 0.15) is 0 Å². The maximum absolute atomic E-state index is 11.5. The molecule has 30 heavy (non-hydrogen) atoms. The number of fused-ring (bicyclic) bond motifs is 8. The van der Waals surface area contributed by atoms with Gasteiger partial charge in [-0.25, -0.2) is 0 Å². The highest BCUT2D eigenvalue weighted by Crippen LogP contribution is 2.37. The molecule has 0 radical (unpaired) electrons. The van der Waals surface area contributed by atoms with E-state index in [1.54, 1.807) is 12.1 Å². The first-order valence-corrected chi connectivity index (χ1v) is 9.81. The van der Waals surface area contributed by atoms with Crippen LogP contribution < -0.4 is 0 Å². The first-order valence-electron chi connectivity index (χ1n) is 9.81. The average molecular weight is 388 g/mol. The number of nitrogens with zero attached hydrogens (tertiary/aromatic N) is 2. The summed E-state index contributed by atoms with van der Waals surface area (Å²) in [5, 5.41) is 16.3. The van der Waals surface area contributed by atoms with Gasteiger partial charge in [-0.05, 0) is 35.2 Å². The summed E-state index contributed by atoms with van der Waals surface area (Å²) in [5.41, 5.74) is 4.90. The fraction of sp³-hybridized carbons (Fsp3) is 0. The number of pyridine rings is 1. The molecule has 0 fully saturated rings. The Balaban J connectivity index is 1.78. The van der Waals surface area contributed by atoms with Crippen LogP contribution in [0.2, 0.25) is 0 Å². The predicted molar refractivity (Wildman–Crippen MR) is 122 cm³/mol. The summed E-state index contributed by atoms with van der Waals surface area (Å²) in [6.45, 7) is 0. The second-order valence-electron chi connectivity index (χ2n) is 7.48. The predicted octanol–water partition coefficient (Wildman–Crippen LogP) is 6.97. The third-order valence-corrected chi connectivity index (χ3v) is 5.85. The second kappa shape index (κ2) is 6.16. The summed E-state index contributed by atoms with van der Waals surface area (Å²) >= 11 is 0. The minimum Gasteiger partial charge on any atom is -0.309 e. The zero-order valence-electron chi connectivity index (χ0n) is 15.9. The normalized spacial score (nSPS) is 11.6. The minimum atomic E-state index is -0.321. The number of aromatic nitrogens is 1. The fourth-order valence-electron chi connectivity index (χ4n) is 4.54. The van der Waals surface area contributed by atoms with Gasteiger partial charge in [-0.3, -0.25) is 10.1 Å². The van der Waals surface area contributed by atoms with Crippen LogP contribution in [-0.4, -0.2) is 9.32 Å². The van der Waals surface area contributed by atoms with Crippen molar-refractivity contribution in [3.8, 4) is 11.1 Å². The summed E-state index contributed by atoms with van der Waals surface area (Å²) in [7, 11) is 0. The van der Waals surface area contributed by atoms with Crippen molar-refractivity contribution in [3.63, 3.8) is 0 Å². The quantitative estimate of drug-likeness (QED) is 0.183. The molecule has 0 N–H and O–H groups in total. The van der Waals surface area contributed by atoms with Crippen LogP contribution in [0.5, 0.6) is 0 Å². The van der Waals surface area contributed by atoms with Gasteiger partial charge in [0.25, 0.3) is 5.69 Å². The Hall–Kier alpha value is -4.18. The molecule has 0 saturated carbocycles. The van der Waals surface area contributed by atoms with Crippen LogP contribution in [0.25, 0.3) is 49.2 Å². The van der Waals surface area contributed by atoms with E-state index in [1.807, 2.05) is 24.3 Å². The van der Waals surface area contributed by atoms with Crippen LogP contribution in [0, 0.1) is 10.1 Å². The van der Waals surface area contributed by atoms with Gasteiger partial charge >= 0.3 is 0 Å². The first kappa shape index (κ1) is 16.7. The number of para-hydroxylation sites is 2. The van der Waals surface area contributed by atoms with Crippen molar-refractivity contribution in [2.24, 2.45) is 0 Å². The van der Waals surface area contributed by atoms with Crippen molar-refractivity contribution in [2.45, 2.75) is 0 Å². The SMILES string of the molecule is O=[N+]([O-])c1ccccc1-c1ccc2cc3c4ccccc4c4ccccc4n3c2c1. The van der Waals surface area contributed by atoms with E-state index in [1.165, 1.54) is 16.2 Å². The average Bonchev–Trinajstić information content (AvgIpc) is 3.18. The molecule has 6 aromatic rings. The van der Waals surface area contributed by atoms with E-state index < -0.39 is 0 Å². The number of nitro groups is 1. The summed E-state index contributed by atoms with van der Waals surface area (Å²) < 4.78 is 2.27. The largest absolute Gasteiger partial charge is 0.309 e. The van der Waals surface area contributed by atoms with Crippen LogP contribution in [0.1, 0.15) is 0 Å². The van der Waals surface area contributed by atoms with Crippen molar-refractivity contribution in [1.29, 1.82) is 0 Å². The molecule has 4 heteroatoms. The molecule has 6 rings (SSSR count). The van der Waals surface area contributed by atoms with Crippen molar-refractivity contribution in [1.82, 2.24) is 4.40 Å². The Morgan fingerprint density at radius 2 is 1.30 bits per heavy atom. The molecule has 2 heterocycles. The van der Waals surface area contributed by atoms with Gasteiger partial charge in [0.15, 0.2) is 0 Å². The van der Waals surface area contributed by atoms with E-state index in [0.29, 0.717) is 5.56 Å². The molecule has 0 saturated heterocycles. The van der Waals surface area contributed by atoms with Crippen LogP contribution in [0.4, 0.5) is 5.69 Å². The van der Waals surface area contributed by atoms with Crippen molar-refractivity contribution < 1.29 is 4.92 Å². The third-order valence-electron chi connectivity index (χ3n) is 5.85. The number of nitro benzene ring substituents is 1. The van der Waals surface area contributed by atoms with Crippen molar-refractivity contribution in [3.05, 3.63) is 107 Å². The van der Waals surface area contributed by atoms with Crippen LogP contribution in [0.3, 0.4) is 0 Å². The lowest BCUT2D eigenvalue weighted by Gasteiger charge is -2.10. The highest BCUT2D eigenvalue weighted by atomic mass is 16.6. The lowest BCUT2D eigenvalue weighted by molar-refractivity contribution is -0.384. The summed E-state index contributed by atoms with van der Waals surface area (Å²) in [6, 6.07) is 32.0. The molecule has 0 unspecified atom stereocenters. The highest BCUT2D eigenvalue weighted by molar-refractivity contribution is 6.15. The van der Waals surface area contributed by atoms with E-state index in [-0.39, 0.29) is 10.6 Å². The fourth-order valence-corrected chi connectivity index (χ4v) is 4.54. The number of hydrogen-bond donors (Lipinski definition) is 0. The van der Waals surface area contributed by atoms with Crippen LogP contribution in [-0.2, 0) is 0 Å². The van der Waals surface area contributed by atoms with Gasteiger partial charge < -0.3 is 4.40 Å². The number of hydrogen-bond acceptors (Lipinski definition) is 2. The van der Waals surface area contributed by atoms with E-state index >= 15 is 0 Å². The molecule has 0 aliphatic heterocycles. The van der Waals surface area contributed by atoms with Gasteiger partial charge in [0.2, 0.25) is 0 Å². The Kier molecular flexibility index (Phi) is 3.44. The number of benzene rings is 4. The van der Waals surface area contributed by atoms with Gasteiger partial charge in [0, 0.05) is 22.2 Å². The Morgan fingerprint density at radius 3 is 2.10 bits per heavy atom.